The zero-order valence-electron chi connectivity index (χ0n) is 18.4. The molecule has 8 heteroatoms. The summed E-state index contributed by atoms with van der Waals surface area (Å²) < 4.78 is 10.4. The minimum Gasteiger partial charge on any atom is -0.466 e. The fourth-order valence-electron chi connectivity index (χ4n) is 3.77. The fourth-order valence-corrected chi connectivity index (χ4v) is 3.77. The number of rotatable bonds is 5. The number of carbonyl (C=O) groups excluding carboxylic acids is 2. The van der Waals surface area contributed by atoms with Gasteiger partial charge in [-0.1, -0.05) is 48.0 Å². The Kier molecular flexibility index (Phi) is 5.77. The first kappa shape index (κ1) is 21.3. The number of para-hydroxylation sites is 1. The zero-order valence-corrected chi connectivity index (χ0v) is 18.4. The molecule has 0 spiro atoms. The molecule has 0 aliphatic carbocycles. The third kappa shape index (κ3) is 3.64. The van der Waals surface area contributed by atoms with E-state index < -0.39 is 18.0 Å². The van der Waals surface area contributed by atoms with Gasteiger partial charge in [0.25, 0.3) is 0 Å². The van der Waals surface area contributed by atoms with Crippen LogP contribution in [0.3, 0.4) is 0 Å². The summed E-state index contributed by atoms with van der Waals surface area (Å²) in [5.41, 5.74) is 3.44. The van der Waals surface area contributed by atoms with Crippen molar-refractivity contribution < 1.29 is 19.1 Å². The van der Waals surface area contributed by atoms with Crippen LogP contribution in [-0.2, 0) is 19.1 Å². The number of hydrazone groups is 1. The summed E-state index contributed by atoms with van der Waals surface area (Å²) in [6.45, 7) is 5.66. The average molecular weight is 432 g/mol. The summed E-state index contributed by atoms with van der Waals surface area (Å²) >= 11 is 0. The van der Waals surface area contributed by atoms with Gasteiger partial charge in [-0.25, -0.2) is 14.6 Å². The molecule has 0 fully saturated rings. The molecular weight excluding hydrogens is 408 g/mol. The lowest BCUT2D eigenvalue weighted by Crippen LogP contribution is -2.47. The highest BCUT2D eigenvalue weighted by molar-refractivity contribution is 6.41. The van der Waals surface area contributed by atoms with Crippen LogP contribution in [0.25, 0.3) is 0 Å². The van der Waals surface area contributed by atoms with Gasteiger partial charge in [0.05, 0.1) is 36.7 Å². The highest BCUT2D eigenvalue weighted by Gasteiger charge is 2.47. The second-order valence-corrected chi connectivity index (χ2v) is 7.38. The van der Waals surface area contributed by atoms with Crippen molar-refractivity contribution in [2.24, 2.45) is 10.1 Å². The molecule has 2 aliphatic rings. The molecular formula is C24H24N4O4. The standard InChI is InChI=1S/C24H24N4O4/c1-5-32-23(30)21-26-28(18-9-7-6-8-10-18)24-25-16(3)19(22(29)31-4)20(27(21)24)17-13-11-15(2)12-14-17/h6-14,20H,5H2,1-4H3/t20-/m1/s1. The first-order valence-electron chi connectivity index (χ1n) is 10.3. The summed E-state index contributed by atoms with van der Waals surface area (Å²) in [4.78, 5) is 32.1. The number of fused-ring (bicyclic) bond motifs is 1. The number of nitrogens with zero attached hydrogens (tertiary/aromatic N) is 4. The second kappa shape index (κ2) is 8.66. The maximum atomic E-state index is 12.9. The van der Waals surface area contributed by atoms with Crippen LogP contribution in [-0.4, -0.2) is 42.4 Å². The Bertz CT molecular complexity index is 1140. The van der Waals surface area contributed by atoms with E-state index in [0.29, 0.717) is 17.2 Å². The Morgan fingerprint density at radius 1 is 1.00 bits per heavy atom. The van der Waals surface area contributed by atoms with E-state index in [-0.39, 0.29) is 12.4 Å². The van der Waals surface area contributed by atoms with Gasteiger partial charge in [-0.2, -0.15) is 5.01 Å². The van der Waals surface area contributed by atoms with E-state index in [2.05, 4.69) is 10.1 Å². The third-order valence-corrected chi connectivity index (χ3v) is 5.27. The van der Waals surface area contributed by atoms with Gasteiger partial charge in [0.1, 0.15) is 0 Å². The van der Waals surface area contributed by atoms with Crippen LogP contribution in [0.15, 0.2) is 76.0 Å². The van der Waals surface area contributed by atoms with Crippen molar-refractivity contribution >= 4 is 29.4 Å². The van der Waals surface area contributed by atoms with Crippen molar-refractivity contribution in [3.8, 4) is 0 Å². The summed E-state index contributed by atoms with van der Waals surface area (Å²) in [5, 5.41) is 6.15. The number of amidine groups is 1. The molecule has 2 aromatic carbocycles. The van der Waals surface area contributed by atoms with Gasteiger partial charge in [-0.15, -0.1) is 5.10 Å². The Labute approximate surface area is 186 Å². The maximum Gasteiger partial charge on any atom is 0.376 e. The van der Waals surface area contributed by atoms with Crippen LogP contribution in [0.2, 0.25) is 0 Å². The second-order valence-electron chi connectivity index (χ2n) is 7.38. The minimum absolute atomic E-state index is 0.0499. The monoisotopic (exact) mass is 432 g/mol. The van der Waals surface area contributed by atoms with Gasteiger partial charge in [-0.05, 0) is 38.5 Å². The first-order valence-corrected chi connectivity index (χ1v) is 10.3. The number of benzene rings is 2. The van der Waals surface area contributed by atoms with Gasteiger partial charge in [0.15, 0.2) is 0 Å². The SMILES string of the molecule is CCOC(=O)C1=NN(c2ccccc2)C2=NC(C)=C(C(=O)OC)[C@@H](c3ccc(C)cc3)N12. The molecule has 4 rings (SSSR count). The Morgan fingerprint density at radius 3 is 2.31 bits per heavy atom. The Hall–Kier alpha value is -3.94. The van der Waals surface area contributed by atoms with E-state index >= 15 is 0 Å². The lowest BCUT2D eigenvalue weighted by Gasteiger charge is -2.35. The molecule has 0 aromatic heterocycles. The molecule has 0 bridgehead atoms. The van der Waals surface area contributed by atoms with Crippen LogP contribution in [0.4, 0.5) is 5.69 Å². The van der Waals surface area contributed by atoms with E-state index in [0.717, 1.165) is 16.8 Å². The van der Waals surface area contributed by atoms with Crippen molar-refractivity contribution in [3.63, 3.8) is 0 Å². The Balaban J connectivity index is 1.94. The van der Waals surface area contributed by atoms with Gasteiger partial charge < -0.3 is 9.47 Å². The number of hydrogen-bond acceptors (Lipinski definition) is 8. The summed E-state index contributed by atoms with van der Waals surface area (Å²) in [5.74, 6) is -0.652. The number of esters is 2. The van der Waals surface area contributed by atoms with Gasteiger partial charge in [0.2, 0.25) is 11.8 Å². The number of aryl methyl sites for hydroxylation is 1. The molecule has 0 saturated heterocycles. The summed E-state index contributed by atoms with van der Waals surface area (Å²) in [6.07, 6.45) is 0. The molecule has 0 saturated carbocycles. The lowest BCUT2D eigenvalue weighted by molar-refractivity contribution is -0.138. The van der Waals surface area contributed by atoms with Crippen molar-refractivity contribution in [2.75, 3.05) is 18.7 Å². The van der Waals surface area contributed by atoms with Gasteiger partial charge in [-0.3, -0.25) is 4.90 Å². The first-order chi connectivity index (χ1) is 15.5. The number of anilines is 1. The van der Waals surface area contributed by atoms with Crippen LogP contribution in [0.1, 0.15) is 31.0 Å². The van der Waals surface area contributed by atoms with Crippen molar-refractivity contribution in [1.82, 2.24) is 4.90 Å². The molecule has 2 aromatic rings. The quantitative estimate of drug-likeness (QED) is 0.672. The van der Waals surface area contributed by atoms with Crippen LogP contribution in [0, 0.1) is 6.92 Å². The molecule has 2 heterocycles. The molecule has 1 atom stereocenters. The number of guanidine groups is 1. The van der Waals surface area contributed by atoms with E-state index in [4.69, 9.17) is 9.47 Å². The normalized spacial score (nSPS) is 17.6. The third-order valence-electron chi connectivity index (χ3n) is 5.27. The van der Waals surface area contributed by atoms with Gasteiger partial charge in [0, 0.05) is 0 Å². The number of hydrogen-bond donors (Lipinski definition) is 0. The molecule has 0 N–H and O–H groups in total. The van der Waals surface area contributed by atoms with Crippen LogP contribution >= 0.6 is 0 Å². The lowest BCUT2D eigenvalue weighted by atomic mass is 9.93. The van der Waals surface area contributed by atoms with Crippen molar-refractivity contribution in [1.29, 1.82) is 0 Å². The molecule has 164 valence electrons. The average Bonchev–Trinajstić information content (AvgIpc) is 3.18. The van der Waals surface area contributed by atoms with E-state index in [1.807, 2.05) is 61.5 Å². The largest absolute Gasteiger partial charge is 0.466 e. The van der Waals surface area contributed by atoms with Crippen molar-refractivity contribution in [3.05, 3.63) is 77.0 Å². The molecule has 2 aliphatic heterocycles. The highest BCUT2D eigenvalue weighted by atomic mass is 16.5. The molecule has 0 radical (unpaired) electrons. The maximum absolute atomic E-state index is 12.9. The van der Waals surface area contributed by atoms with E-state index in [9.17, 15) is 9.59 Å². The number of allylic oxidation sites excluding steroid dienone is 1. The van der Waals surface area contributed by atoms with Gasteiger partial charge >= 0.3 is 11.9 Å². The molecule has 0 amide bonds. The van der Waals surface area contributed by atoms with Crippen molar-refractivity contribution in [2.45, 2.75) is 26.8 Å². The molecule has 32 heavy (non-hydrogen) atoms. The number of carbonyl (C=O) groups is 2. The minimum atomic E-state index is -0.660. The van der Waals surface area contributed by atoms with Crippen LogP contribution < -0.4 is 5.01 Å². The van der Waals surface area contributed by atoms with E-state index in [1.54, 1.807) is 23.8 Å². The topological polar surface area (TPSA) is 83.8 Å². The number of ether oxygens (including phenoxy) is 2. The smallest absolute Gasteiger partial charge is 0.376 e. The molecule has 8 nitrogen and oxygen atoms in total. The van der Waals surface area contributed by atoms with E-state index in [1.165, 1.54) is 7.11 Å². The highest BCUT2D eigenvalue weighted by Crippen LogP contribution is 2.40. The summed E-state index contributed by atoms with van der Waals surface area (Å²) in [7, 11) is 1.33. The molecule has 0 unspecified atom stereocenters. The predicted octanol–water partition coefficient (Wildman–Crippen LogP) is 3.55. The number of methoxy groups -OCH3 is 1. The predicted molar refractivity (Wildman–Crippen MR) is 121 cm³/mol. The van der Waals surface area contributed by atoms with Crippen LogP contribution in [0.5, 0.6) is 0 Å². The number of aliphatic imine (C=N–C) groups is 1. The Morgan fingerprint density at radius 2 is 1.69 bits per heavy atom. The zero-order chi connectivity index (χ0) is 22.8. The summed E-state index contributed by atoms with van der Waals surface area (Å²) in [6, 6.07) is 16.5. The fraction of sp³-hybridized carbons (Fsp3) is 0.250.